The fourth-order valence-corrected chi connectivity index (χ4v) is 1.44. The Labute approximate surface area is 108 Å². The number of hydroxylamine groups is 1. The van der Waals surface area contributed by atoms with Crippen LogP contribution in [0.25, 0.3) is 0 Å². The van der Waals surface area contributed by atoms with E-state index in [1.165, 1.54) is 19.2 Å². The number of benzene rings is 1. The molecule has 0 aromatic heterocycles. The number of hydrazone groups is 1. The molecule has 8 nitrogen and oxygen atoms in total. The van der Waals surface area contributed by atoms with Crippen molar-refractivity contribution in [3.05, 3.63) is 40.4 Å². The van der Waals surface area contributed by atoms with Crippen LogP contribution in [0.2, 0.25) is 0 Å². The highest BCUT2D eigenvalue weighted by Crippen LogP contribution is 2.31. The average Bonchev–Trinajstić information content (AvgIpc) is 2.44. The maximum atomic E-state index is 11.9. The fraction of sp³-hybridized carbons (Fsp3) is 0.0909. The maximum absolute atomic E-state index is 11.9. The quantitative estimate of drug-likeness (QED) is 0.352. The van der Waals surface area contributed by atoms with E-state index in [9.17, 15) is 15.2 Å². The smallest absolute Gasteiger partial charge is 0.428 e. The zero-order valence-electron chi connectivity index (χ0n) is 9.86. The molecule has 0 aliphatic carbocycles. The second-order valence-electron chi connectivity index (χ2n) is 3.45. The minimum atomic E-state index is -0.805. The minimum Gasteiger partial charge on any atom is -0.753 e. The first-order valence-electron chi connectivity index (χ1n) is 5.17. The second kappa shape index (κ2) is 5.21. The molecule has 1 aromatic rings. The number of carbonyl (C=O) groups is 1. The standard InChI is InChI=1S/C11H9N4O4/c1-19-11(16)13-12-6-8-7-14(17)9-4-2-3-5-10(9)15(8)18/h2-5,7H,1H3,(H,13,16)/q-1. The summed E-state index contributed by atoms with van der Waals surface area (Å²) in [4.78, 5) is 10.7. The van der Waals surface area contributed by atoms with Gasteiger partial charge in [-0.1, -0.05) is 12.1 Å². The summed E-state index contributed by atoms with van der Waals surface area (Å²) < 4.78 is 4.80. The molecule has 1 amide bonds. The monoisotopic (exact) mass is 261 g/mol. The lowest BCUT2D eigenvalue weighted by Crippen LogP contribution is -2.25. The van der Waals surface area contributed by atoms with Gasteiger partial charge in [0.2, 0.25) is 11.9 Å². The maximum Gasteiger partial charge on any atom is 0.428 e. The van der Waals surface area contributed by atoms with Gasteiger partial charge in [-0.15, -0.1) is 5.10 Å². The summed E-state index contributed by atoms with van der Waals surface area (Å²) in [7, 11) is 1.17. The number of methoxy groups -OCH3 is 1. The third kappa shape index (κ3) is 2.54. The molecule has 0 unspecified atom stereocenters. The van der Waals surface area contributed by atoms with Crippen molar-refractivity contribution in [1.82, 2.24) is 5.43 Å². The van der Waals surface area contributed by atoms with Crippen molar-refractivity contribution in [2.24, 2.45) is 5.10 Å². The first kappa shape index (κ1) is 12.6. The molecule has 19 heavy (non-hydrogen) atoms. The van der Waals surface area contributed by atoms with Crippen LogP contribution in [0, 0.1) is 10.4 Å². The number of hydrogen-bond donors (Lipinski definition) is 1. The molecular formula is C11H9N4O4-. The Bertz CT molecular complexity index is 604. The highest BCUT2D eigenvalue weighted by atomic mass is 16.5. The van der Waals surface area contributed by atoms with E-state index < -0.39 is 6.09 Å². The molecule has 98 valence electrons. The molecule has 0 atom stereocenters. The van der Waals surface area contributed by atoms with Gasteiger partial charge in [-0.05, 0) is 6.07 Å². The Morgan fingerprint density at radius 2 is 2.26 bits per heavy atom. The first-order chi connectivity index (χ1) is 9.13. The van der Waals surface area contributed by atoms with Crippen molar-refractivity contribution in [3.8, 4) is 0 Å². The molecule has 8 heteroatoms. The van der Waals surface area contributed by atoms with Crippen LogP contribution in [0.5, 0.6) is 0 Å². The molecule has 0 saturated carbocycles. The average molecular weight is 261 g/mol. The SMILES string of the molecule is COC(=O)NN=C=C1C=[N+]([O-])c2ccccc2N1[O-]. The van der Waals surface area contributed by atoms with Gasteiger partial charge in [0.15, 0.2) is 5.70 Å². The van der Waals surface area contributed by atoms with Crippen LogP contribution >= 0.6 is 0 Å². The Balaban J connectivity index is 2.34. The lowest BCUT2D eigenvalue weighted by Gasteiger charge is -2.32. The van der Waals surface area contributed by atoms with Crippen molar-refractivity contribution in [3.63, 3.8) is 0 Å². The van der Waals surface area contributed by atoms with Gasteiger partial charge in [0.25, 0.3) is 0 Å². The van der Waals surface area contributed by atoms with Crippen LogP contribution in [-0.2, 0) is 4.74 Å². The zero-order chi connectivity index (χ0) is 13.8. The molecule has 1 aromatic carbocycles. The predicted molar refractivity (Wildman–Crippen MR) is 68.1 cm³/mol. The molecule has 0 bridgehead atoms. The van der Waals surface area contributed by atoms with E-state index in [1.54, 1.807) is 12.1 Å². The molecule has 2 rings (SSSR count). The number of rotatable bonds is 1. The van der Waals surface area contributed by atoms with E-state index in [2.05, 4.69) is 15.7 Å². The first-order valence-corrected chi connectivity index (χ1v) is 5.17. The van der Waals surface area contributed by atoms with Crippen LogP contribution < -0.4 is 10.5 Å². The van der Waals surface area contributed by atoms with E-state index in [0.717, 1.165) is 6.21 Å². The summed E-state index contributed by atoms with van der Waals surface area (Å²) in [6.45, 7) is 0. The van der Waals surface area contributed by atoms with E-state index in [0.29, 0.717) is 9.80 Å². The van der Waals surface area contributed by atoms with Gasteiger partial charge >= 0.3 is 6.09 Å². The van der Waals surface area contributed by atoms with Crippen molar-refractivity contribution in [2.45, 2.75) is 0 Å². The number of amides is 1. The minimum absolute atomic E-state index is 0.134. The summed E-state index contributed by atoms with van der Waals surface area (Å²) in [6.07, 6.45) is 0.207. The van der Waals surface area contributed by atoms with Crippen LogP contribution in [0.3, 0.4) is 0 Å². The molecule has 1 N–H and O–H groups in total. The van der Waals surface area contributed by atoms with Crippen molar-refractivity contribution in [1.29, 1.82) is 0 Å². The van der Waals surface area contributed by atoms with Crippen molar-refractivity contribution >= 4 is 29.6 Å². The van der Waals surface area contributed by atoms with Gasteiger partial charge in [0.05, 0.1) is 7.11 Å². The summed E-state index contributed by atoms with van der Waals surface area (Å²) >= 11 is 0. The Morgan fingerprint density at radius 1 is 1.53 bits per heavy atom. The number of anilines is 1. The Hall–Kier alpha value is -2.83. The number of nitrogens with one attached hydrogen (secondary N) is 1. The van der Waals surface area contributed by atoms with Crippen LogP contribution in [0.1, 0.15) is 0 Å². The molecular weight excluding hydrogens is 252 g/mol. The lowest BCUT2D eigenvalue weighted by atomic mass is 10.2. The summed E-state index contributed by atoms with van der Waals surface area (Å²) in [6, 6.07) is 6.29. The molecule has 1 heterocycles. The normalized spacial score (nSPS) is 13.1. The molecule has 1 aliphatic heterocycles. The highest BCUT2D eigenvalue weighted by molar-refractivity contribution is 5.97. The Morgan fingerprint density at radius 3 is 3.00 bits per heavy atom. The number of nitrogens with zero attached hydrogens (tertiary/aromatic N) is 3. The third-order valence-corrected chi connectivity index (χ3v) is 2.30. The predicted octanol–water partition coefficient (Wildman–Crippen LogP) is 1.04. The highest BCUT2D eigenvalue weighted by Gasteiger charge is 2.19. The number of ether oxygens (including phenoxy) is 1. The van der Waals surface area contributed by atoms with Crippen LogP contribution in [-0.4, -0.2) is 30.0 Å². The summed E-state index contributed by atoms with van der Waals surface area (Å²) in [5.74, 6) is 2.25. The molecule has 0 saturated heterocycles. The number of fused-ring (bicyclic) bond motifs is 1. The van der Waals surface area contributed by atoms with Crippen molar-refractivity contribution < 1.29 is 14.3 Å². The number of hydrogen-bond acceptors (Lipinski definition) is 6. The molecule has 1 aliphatic rings. The second-order valence-corrected chi connectivity index (χ2v) is 3.45. The van der Waals surface area contributed by atoms with Gasteiger partial charge in [-0.3, -0.25) is 0 Å². The van der Waals surface area contributed by atoms with Gasteiger partial charge in [0, 0.05) is 11.9 Å². The largest absolute Gasteiger partial charge is 0.753 e. The number of para-hydroxylation sites is 2. The van der Waals surface area contributed by atoms with E-state index >= 15 is 0 Å². The van der Waals surface area contributed by atoms with E-state index in [-0.39, 0.29) is 17.1 Å². The van der Waals surface area contributed by atoms with Gasteiger partial charge in [0.1, 0.15) is 5.69 Å². The summed E-state index contributed by atoms with van der Waals surface area (Å²) in [5.41, 5.74) is 2.23. The fourth-order valence-electron chi connectivity index (χ4n) is 1.44. The molecule has 0 fully saturated rings. The number of carbonyl (C=O) groups excluding carboxylic acids is 1. The van der Waals surface area contributed by atoms with E-state index in [4.69, 9.17) is 0 Å². The van der Waals surface area contributed by atoms with Gasteiger partial charge in [-0.25, -0.2) is 10.2 Å². The Kier molecular flexibility index (Phi) is 3.46. The topological polar surface area (TPSA) is 103 Å². The summed E-state index contributed by atoms with van der Waals surface area (Å²) in [5, 5.41) is 27.5. The van der Waals surface area contributed by atoms with Gasteiger partial charge < -0.3 is 20.2 Å². The zero-order valence-corrected chi connectivity index (χ0v) is 9.86. The van der Waals surface area contributed by atoms with Crippen molar-refractivity contribution in [2.75, 3.05) is 12.2 Å². The lowest BCUT2D eigenvalue weighted by molar-refractivity contribution is -0.354. The van der Waals surface area contributed by atoms with Crippen LogP contribution in [0.4, 0.5) is 16.2 Å². The van der Waals surface area contributed by atoms with E-state index in [1.807, 2.05) is 5.43 Å². The van der Waals surface area contributed by atoms with Gasteiger partial charge in [-0.2, -0.15) is 4.74 Å². The molecule has 0 spiro atoms. The number of allylic oxidation sites excluding steroid dienone is 1. The third-order valence-electron chi connectivity index (χ3n) is 2.30. The van der Waals surface area contributed by atoms with Crippen LogP contribution in [0.15, 0.2) is 35.1 Å². The molecule has 0 radical (unpaired) electrons.